The number of carbonyl (C=O) groups is 1. The van der Waals surface area contributed by atoms with E-state index in [2.05, 4.69) is 0 Å². The maximum Gasteiger partial charge on any atom is 0.254 e. The molecule has 1 aromatic rings. The van der Waals surface area contributed by atoms with Crippen molar-refractivity contribution in [3.05, 3.63) is 35.4 Å². The highest BCUT2D eigenvalue weighted by molar-refractivity contribution is 7.91. The van der Waals surface area contributed by atoms with Gasteiger partial charge in [-0.1, -0.05) is 12.1 Å². The highest BCUT2D eigenvalue weighted by Gasteiger charge is 2.31. The third kappa shape index (κ3) is 3.13. The molecule has 0 aliphatic carbocycles. The zero-order valence-corrected chi connectivity index (χ0v) is 11.7. The van der Waals surface area contributed by atoms with E-state index in [1.165, 1.54) is 0 Å². The molecule has 1 fully saturated rings. The molecule has 5 nitrogen and oxygen atoms in total. The number of benzene rings is 1. The van der Waals surface area contributed by atoms with Crippen LogP contribution < -0.4 is 5.73 Å². The third-order valence-electron chi connectivity index (χ3n) is 3.37. The minimum absolute atomic E-state index is 0.0413. The Morgan fingerprint density at radius 2 is 2.00 bits per heavy atom. The van der Waals surface area contributed by atoms with Crippen LogP contribution in [0.25, 0.3) is 0 Å². The van der Waals surface area contributed by atoms with E-state index in [-0.39, 0.29) is 30.0 Å². The maximum atomic E-state index is 12.3. The largest absolute Gasteiger partial charge is 0.334 e. The van der Waals surface area contributed by atoms with Crippen molar-refractivity contribution >= 4 is 15.7 Å². The van der Waals surface area contributed by atoms with Gasteiger partial charge in [0.1, 0.15) is 0 Å². The minimum atomic E-state index is -3.00. The summed E-state index contributed by atoms with van der Waals surface area (Å²) in [7, 11) is -3.00. The van der Waals surface area contributed by atoms with Crippen LogP contribution in [0.2, 0.25) is 0 Å². The Morgan fingerprint density at radius 1 is 1.37 bits per heavy atom. The molecule has 1 aromatic carbocycles. The Morgan fingerprint density at radius 3 is 2.53 bits per heavy atom. The first-order chi connectivity index (χ1) is 8.93. The van der Waals surface area contributed by atoms with Crippen LogP contribution in [0.15, 0.2) is 24.3 Å². The first-order valence-electron chi connectivity index (χ1n) is 6.23. The molecule has 1 atom stereocenters. The van der Waals surface area contributed by atoms with Gasteiger partial charge in [0.05, 0.1) is 11.5 Å². The molecule has 0 aromatic heterocycles. The number of hydrogen-bond donors (Lipinski definition) is 1. The van der Waals surface area contributed by atoms with Gasteiger partial charge in [-0.3, -0.25) is 4.79 Å². The number of nitrogens with two attached hydrogens (primary N) is 1. The van der Waals surface area contributed by atoms with Gasteiger partial charge >= 0.3 is 0 Å². The van der Waals surface area contributed by atoms with Crippen LogP contribution >= 0.6 is 0 Å². The van der Waals surface area contributed by atoms with Gasteiger partial charge in [-0.05, 0) is 24.6 Å². The van der Waals surface area contributed by atoms with E-state index in [1.54, 1.807) is 24.0 Å². The van der Waals surface area contributed by atoms with Crippen molar-refractivity contribution in [2.24, 2.45) is 5.73 Å². The number of nitrogens with zero attached hydrogens (tertiary/aromatic N) is 1. The van der Waals surface area contributed by atoms with Crippen LogP contribution in [0.3, 0.4) is 0 Å². The molecular formula is C13H18N2O3S. The normalized spacial score (nSPS) is 22.2. The smallest absolute Gasteiger partial charge is 0.254 e. The molecule has 1 saturated heterocycles. The van der Waals surface area contributed by atoms with Gasteiger partial charge in [-0.2, -0.15) is 0 Å². The van der Waals surface area contributed by atoms with Gasteiger partial charge in [-0.25, -0.2) is 8.42 Å². The second-order valence-electron chi connectivity index (χ2n) is 4.86. The summed E-state index contributed by atoms with van der Waals surface area (Å²) in [5.41, 5.74) is 7.04. The summed E-state index contributed by atoms with van der Waals surface area (Å²) in [5, 5.41) is 0. The van der Waals surface area contributed by atoms with Crippen LogP contribution in [-0.2, 0) is 16.4 Å². The molecular weight excluding hydrogens is 264 g/mol. The molecule has 1 amide bonds. The van der Waals surface area contributed by atoms with Crippen LogP contribution in [0.5, 0.6) is 0 Å². The summed E-state index contributed by atoms with van der Waals surface area (Å²) in [4.78, 5) is 13.9. The first-order valence-corrected chi connectivity index (χ1v) is 8.05. The predicted octanol–water partition coefficient (Wildman–Crippen LogP) is 0.404. The van der Waals surface area contributed by atoms with Crippen LogP contribution in [0.4, 0.5) is 0 Å². The molecule has 104 valence electrons. The predicted molar refractivity (Wildman–Crippen MR) is 73.5 cm³/mol. The third-order valence-corrected chi connectivity index (χ3v) is 5.16. The Kier molecular flexibility index (Phi) is 3.91. The van der Waals surface area contributed by atoms with Gasteiger partial charge in [0.25, 0.3) is 5.91 Å². The molecule has 2 N–H and O–H groups in total. The summed E-state index contributed by atoms with van der Waals surface area (Å²) in [6.45, 7) is 2.47. The van der Waals surface area contributed by atoms with Gasteiger partial charge in [-0.15, -0.1) is 0 Å². The van der Waals surface area contributed by atoms with E-state index in [4.69, 9.17) is 5.73 Å². The maximum absolute atomic E-state index is 12.3. The van der Waals surface area contributed by atoms with E-state index in [9.17, 15) is 13.2 Å². The number of sulfone groups is 1. The highest BCUT2D eigenvalue weighted by atomic mass is 32.2. The Balaban J connectivity index is 2.15. The number of rotatable bonds is 2. The number of carbonyl (C=O) groups excluding carboxylic acids is 1. The fourth-order valence-corrected chi connectivity index (χ4v) is 3.81. The summed E-state index contributed by atoms with van der Waals surface area (Å²) < 4.78 is 23.0. The minimum Gasteiger partial charge on any atom is -0.334 e. The van der Waals surface area contributed by atoms with Gasteiger partial charge in [0.15, 0.2) is 9.84 Å². The van der Waals surface area contributed by atoms with Crippen molar-refractivity contribution in [1.29, 1.82) is 0 Å². The average Bonchev–Trinajstić information content (AvgIpc) is 2.37. The summed E-state index contributed by atoms with van der Waals surface area (Å²) >= 11 is 0. The average molecular weight is 282 g/mol. The van der Waals surface area contributed by atoms with E-state index in [0.29, 0.717) is 12.1 Å². The zero-order valence-electron chi connectivity index (χ0n) is 10.9. The monoisotopic (exact) mass is 282 g/mol. The molecule has 1 aliphatic heterocycles. The summed E-state index contributed by atoms with van der Waals surface area (Å²) in [5.74, 6) is -0.0326. The molecule has 0 saturated carbocycles. The van der Waals surface area contributed by atoms with E-state index < -0.39 is 9.84 Å². The van der Waals surface area contributed by atoms with Crippen LogP contribution in [0.1, 0.15) is 22.8 Å². The lowest BCUT2D eigenvalue weighted by molar-refractivity contribution is 0.0712. The van der Waals surface area contributed by atoms with Crippen LogP contribution in [-0.4, -0.2) is 43.3 Å². The lowest BCUT2D eigenvalue weighted by atomic mass is 10.1. The molecule has 0 spiro atoms. The second kappa shape index (κ2) is 5.30. The van der Waals surface area contributed by atoms with Crippen molar-refractivity contribution < 1.29 is 13.2 Å². The Labute approximate surface area is 113 Å². The van der Waals surface area contributed by atoms with Gasteiger partial charge in [0.2, 0.25) is 0 Å². The van der Waals surface area contributed by atoms with Crippen LogP contribution in [0, 0.1) is 0 Å². The number of hydrogen-bond acceptors (Lipinski definition) is 4. The molecule has 2 rings (SSSR count). The van der Waals surface area contributed by atoms with E-state index in [0.717, 1.165) is 5.56 Å². The SMILES string of the molecule is CC1CS(=O)(=O)CCN1C(=O)c1ccc(CN)cc1. The molecule has 0 radical (unpaired) electrons. The van der Waals surface area contributed by atoms with Crippen molar-refractivity contribution in [2.75, 3.05) is 18.1 Å². The lowest BCUT2D eigenvalue weighted by Gasteiger charge is -2.33. The topological polar surface area (TPSA) is 80.5 Å². The van der Waals surface area contributed by atoms with Gasteiger partial charge < -0.3 is 10.6 Å². The fourth-order valence-electron chi connectivity index (χ4n) is 2.25. The molecule has 19 heavy (non-hydrogen) atoms. The molecule has 0 bridgehead atoms. The van der Waals surface area contributed by atoms with Crippen molar-refractivity contribution in [1.82, 2.24) is 4.90 Å². The summed E-state index contributed by atoms with van der Waals surface area (Å²) in [6, 6.07) is 6.83. The summed E-state index contributed by atoms with van der Waals surface area (Å²) in [6.07, 6.45) is 0. The second-order valence-corrected chi connectivity index (χ2v) is 7.09. The standard InChI is InChI=1S/C13H18N2O3S/c1-10-9-19(17,18)7-6-15(10)13(16)12-4-2-11(8-14)3-5-12/h2-5,10H,6-9,14H2,1H3. The Hall–Kier alpha value is -1.40. The molecule has 1 aliphatic rings. The Bertz CT molecular complexity index is 566. The van der Waals surface area contributed by atoms with Crippen molar-refractivity contribution in [2.45, 2.75) is 19.5 Å². The zero-order chi connectivity index (χ0) is 14.0. The van der Waals surface area contributed by atoms with E-state index >= 15 is 0 Å². The van der Waals surface area contributed by atoms with E-state index in [1.807, 2.05) is 12.1 Å². The number of amides is 1. The fraction of sp³-hybridized carbons (Fsp3) is 0.462. The molecule has 1 unspecified atom stereocenters. The highest BCUT2D eigenvalue weighted by Crippen LogP contribution is 2.15. The van der Waals surface area contributed by atoms with Gasteiger partial charge in [0, 0.05) is 24.7 Å². The quantitative estimate of drug-likeness (QED) is 0.851. The van der Waals surface area contributed by atoms with Crippen molar-refractivity contribution in [3.8, 4) is 0 Å². The molecule has 6 heteroatoms. The lowest BCUT2D eigenvalue weighted by Crippen LogP contribution is -2.49. The molecule has 1 heterocycles. The van der Waals surface area contributed by atoms with Crippen molar-refractivity contribution in [3.63, 3.8) is 0 Å². The first kappa shape index (κ1) is 14.0.